The number of furan rings is 1. The molecule has 9 heteroatoms. The molecule has 1 aliphatic rings. The standard InChI is InChI=1S/C23H25N5O3S/c1-15-20-21(28(26-15)17-7-9-18(30-2)10-8-17)25-23(32-20)27-11-3-5-16(14-27)22(29)24-13-19-6-4-12-31-19/h4,6-10,12,16H,3,5,11,13-14H2,1-2H3,(H,24,29)/t16-/m1/s1. The molecule has 1 fully saturated rings. The van der Waals surface area contributed by atoms with E-state index < -0.39 is 0 Å². The highest BCUT2D eigenvalue weighted by atomic mass is 32.1. The minimum absolute atomic E-state index is 0.0628. The molecule has 1 atom stereocenters. The van der Waals surface area contributed by atoms with Crippen molar-refractivity contribution in [2.75, 3.05) is 25.1 Å². The third kappa shape index (κ3) is 3.95. The Balaban J connectivity index is 1.34. The second-order valence-electron chi connectivity index (χ2n) is 7.93. The number of rotatable bonds is 6. The van der Waals surface area contributed by atoms with Gasteiger partial charge in [-0.15, -0.1) is 0 Å². The first-order chi connectivity index (χ1) is 15.6. The van der Waals surface area contributed by atoms with Gasteiger partial charge in [-0.2, -0.15) is 10.1 Å². The number of aryl methyl sites for hydroxylation is 1. The molecule has 1 N–H and O–H groups in total. The summed E-state index contributed by atoms with van der Waals surface area (Å²) in [6, 6.07) is 11.5. The highest BCUT2D eigenvalue weighted by Gasteiger charge is 2.28. The number of carbonyl (C=O) groups excluding carboxylic acids is 1. The van der Waals surface area contributed by atoms with Crippen LogP contribution in [0.15, 0.2) is 47.1 Å². The van der Waals surface area contributed by atoms with Gasteiger partial charge in [-0.3, -0.25) is 4.79 Å². The molecule has 5 rings (SSSR count). The van der Waals surface area contributed by atoms with Crippen molar-refractivity contribution >= 4 is 32.7 Å². The molecule has 1 aliphatic heterocycles. The van der Waals surface area contributed by atoms with Crippen LogP contribution in [0.4, 0.5) is 5.13 Å². The number of ether oxygens (including phenoxy) is 1. The number of anilines is 1. The summed E-state index contributed by atoms with van der Waals surface area (Å²) in [6.07, 6.45) is 3.45. The first-order valence-corrected chi connectivity index (χ1v) is 11.5. The smallest absolute Gasteiger partial charge is 0.225 e. The minimum Gasteiger partial charge on any atom is -0.497 e. The molecule has 0 aliphatic carbocycles. The second kappa shape index (κ2) is 8.66. The first kappa shape index (κ1) is 20.6. The first-order valence-electron chi connectivity index (χ1n) is 10.7. The molecule has 166 valence electrons. The zero-order valence-electron chi connectivity index (χ0n) is 18.1. The average Bonchev–Trinajstić information content (AvgIpc) is 3.56. The van der Waals surface area contributed by atoms with E-state index in [2.05, 4.69) is 15.3 Å². The summed E-state index contributed by atoms with van der Waals surface area (Å²) in [4.78, 5) is 19.9. The molecule has 4 aromatic rings. The summed E-state index contributed by atoms with van der Waals surface area (Å²) < 4.78 is 13.5. The van der Waals surface area contributed by atoms with E-state index in [9.17, 15) is 4.79 Å². The number of aromatic nitrogens is 3. The van der Waals surface area contributed by atoms with Crippen LogP contribution in [0.3, 0.4) is 0 Å². The number of hydrogen-bond acceptors (Lipinski definition) is 7. The van der Waals surface area contributed by atoms with Gasteiger partial charge in [0.15, 0.2) is 10.8 Å². The lowest BCUT2D eigenvalue weighted by Gasteiger charge is -2.31. The van der Waals surface area contributed by atoms with Crippen molar-refractivity contribution < 1.29 is 13.9 Å². The summed E-state index contributed by atoms with van der Waals surface area (Å²) in [5.74, 6) is 1.56. The molecule has 3 aromatic heterocycles. The zero-order valence-corrected chi connectivity index (χ0v) is 18.9. The predicted octanol–water partition coefficient (Wildman–Crippen LogP) is 3.92. The van der Waals surface area contributed by atoms with Gasteiger partial charge >= 0.3 is 0 Å². The molecule has 0 spiro atoms. The highest BCUT2D eigenvalue weighted by Crippen LogP contribution is 2.34. The van der Waals surface area contributed by atoms with Crippen molar-refractivity contribution in [2.24, 2.45) is 5.92 Å². The Morgan fingerprint density at radius 2 is 2.16 bits per heavy atom. The van der Waals surface area contributed by atoms with Gasteiger partial charge in [0.1, 0.15) is 11.5 Å². The fourth-order valence-corrected chi connectivity index (χ4v) is 5.08. The van der Waals surface area contributed by atoms with Crippen LogP contribution >= 0.6 is 11.3 Å². The van der Waals surface area contributed by atoms with E-state index >= 15 is 0 Å². The summed E-state index contributed by atoms with van der Waals surface area (Å²) >= 11 is 1.64. The number of benzene rings is 1. The molecular weight excluding hydrogens is 426 g/mol. The normalized spacial score (nSPS) is 16.4. The maximum absolute atomic E-state index is 12.7. The van der Waals surface area contributed by atoms with E-state index in [1.807, 2.05) is 48.0 Å². The van der Waals surface area contributed by atoms with Crippen LogP contribution < -0.4 is 15.0 Å². The monoisotopic (exact) mass is 451 g/mol. The maximum atomic E-state index is 12.7. The fraction of sp³-hybridized carbons (Fsp3) is 0.348. The molecule has 32 heavy (non-hydrogen) atoms. The molecule has 0 radical (unpaired) electrons. The number of thiazole rings is 1. The number of carbonyl (C=O) groups is 1. The average molecular weight is 452 g/mol. The summed E-state index contributed by atoms with van der Waals surface area (Å²) in [5, 5.41) is 8.62. The third-order valence-corrected chi connectivity index (χ3v) is 6.99. The lowest BCUT2D eigenvalue weighted by molar-refractivity contribution is -0.125. The number of nitrogens with one attached hydrogen (secondary N) is 1. The van der Waals surface area contributed by atoms with E-state index in [4.69, 9.17) is 14.1 Å². The van der Waals surface area contributed by atoms with Crippen molar-refractivity contribution in [1.82, 2.24) is 20.1 Å². The van der Waals surface area contributed by atoms with Gasteiger partial charge in [0.25, 0.3) is 0 Å². The molecule has 1 saturated heterocycles. The van der Waals surface area contributed by atoms with Crippen molar-refractivity contribution in [3.8, 4) is 11.4 Å². The molecule has 1 aromatic carbocycles. The fourth-order valence-electron chi connectivity index (χ4n) is 4.06. The van der Waals surface area contributed by atoms with Crippen molar-refractivity contribution in [3.05, 3.63) is 54.1 Å². The van der Waals surface area contributed by atoms with Crippen LogP contribution in [0, 0.1) is 12.8 Å². The molecule has 8 nitrogen and oxygen atoms in total. The summed E-state index contributed by atoms with van der Waals surface area (Å²) in [6.45, 7) is 3.98. The Bertz CT molecular complexity index is 1210. The number of piperidine rings is 1. The molecule has 0 bridgehead atoms. The Morgan fingerprint density at radius 3 is 2.91 bits per heavy atom. The summed E-state index contributed by atoms with van der Waals surface area (Å²) in [5.41, 5.74) is 2.73. The van der Waals surface area contributed by atoms with Gasteiger partial charge in [-0.1, -0.05) is 11.3 Å². The van der Waals surface area contributed by atoms with Gasteiger partial charge in [0.2, 0.25) is 5.91 Å². The minimum atomic E-state index is -0.0649. The number of hydrogen-bond donors (Lipinski definition) is 1. The van der Waals surface area contributed by atoms with E-state index in [0.29, 0.717) is 13.1 Å². The topological polar surface area (TPSA) is 85.4 Å². The van der Waals surface area contributed by atoms with Crippen LogP contribution in [0.1, 0.15) is 24.3 Å². The van der Waals surface area contributed by atoms with E-state index in [1.165, 1.54) is 0 Å². The predicted molar refractivity (Wildman–Crippen MR) is 124 cm³/mol. The van der Waals surface area contributed by atoms with Crippen LogP contribution in [0.25, 0.3) is 16.0 Å². The number of nitrogens with zero attached hydrogens (tertiary/aromatic N) is 4. The maximum Gasteiger partial charge on any atom is 0.225 e. The largest absolute Gasteiger partial charge is 0.497 e. The summed E-state index contributed by atoms with van der Waals surface area (Å²) in [7, 11) is 1.65. The number of amides is 1. The Kier molecular flexibility index (Phi) is 5.57. The van der Waals surface area contributed by atoms with Gasteiger partial charge in [-0.25, -0.2) is 4.68 Å². The van der Waals surface area contributed by atoms with Crippen molar-refractivity contribution in [2.45, 2.75) is 26.3 Å². The number of methoxy groups -OCH3 is 1. The SMILES string of the molecule is COc1ccc(-n2nc(C)c3sc(N4CCC[C@@H](C(=O)NCc5ccco5)C4)nc32)cc1. The van der Waals surface area contributed by atoms with E-state index in [0.717, 1.165) is 57.8 Å². The highest BCUT2D eigenvalue weighted by molar-refractivity contribution is 7.22. The Morgan fingerprint density at radius 1 is 1.31 bits per heavy atom. The molecule has 0 unspecified atom stereocenters. The van der Waals surface area contributed by atoms with Gasteiger partial charge in [0.05, 0.1) is 41.9 Å². The second-order valence-corrected chi connectivity index (χ2v) is 8.90. The molecular formula is C23H25N5O3S. The van der Waals surface area contributed by atoms with Crippen LogP contribution in [-0.2, 0) is 11.3 Å². The molecule has 0 saturated carbocycles. The zero-order chi connectivity index (χ0) is 22.1. The molecule has 1 amide bonds. The van der Waals surface area contributed by atoms with E-state index in [1.54, 1.807) is 24.7 Å². The van der Waals surface area contributed by atoms with Crippen LogP contribution in [0.5, 0.6) is 5.75 Å². The van der Waals surface area contributed by atoms with Crippen molar-refractivity contribution in [1.29, 1.82) is 0 Å². The lowest BCUT2D eigenvalue weighted by atomic mass is 9.97. The quantitative estimate of drug-likeness (QED) is 0.478. The Hall–Kier alpha value is -3.33. The van der Waals surface area contributed by atoms with Gasteiger partial charge in [-0.05, 0) is 56.2 Å². The van der Waals surface area contributed by atoms with Gasteiger partial charge < -0.3 is 19.4 Å². The van der Waals surface area contributed by atoms with Crippen molar-refractivity contribution in [3.63, 3.8) is 0 Å². The van der Waals surface area contributed by atoms with Crippen LogP contribution in [-0.4, -0.2) is 40.9 Å². The lowest BCUT2D eigenvalue weighted by Crippen LogP contribution is -2.42. The third-order valence-electron chi connectivity index (χ3n) is 5.77. The number of fused-ring (bicyclic) bond motifs is 1. The van der Waals surface area contributed by atoms with Crippen LogP contribution in [0.2, 0.25) is 0 Å². The van der Waals surface area contributed by atoms with Gasteiger partial charge in [0, 0.05) is 13.1 Å². The van der Waals surface area contributed by atoms with E-state index in [-0.39, 0.29) is 11.8 Å². The molecule has 4 heterocycles. The Labute approximate surface area is 189 Å².